The second-order valence-corrected chi connectivity index (χ2v) is 20.2. The predicted molar refractivity (Wildman–Crippen MR) is 259 cm³/mol. The first kappa shape index (κ1) is 50.8. The Balaban J connectivity index is 0.675. The quantitative estimate of drug-likeness (QED) is 0.0433. The normalized spacial score (nSPS) is 19.9. The number of aliphatic hydroxyl groups is 1. The molecule has 18 nitrogen and oxygen atoms in total. The minimum Gasteiger partial charge on any atom is -0.394 e. The zero-order valence-electron chi connectivity index (χ0n) is 38.8. The lowest BCUT2D eigenvalue weighted by atomic mass is 9.82. The smallest absolute Gasteiger partial charge is 0.263 e. The maximum Gasteiger partial charge on any atom is 0.263 e. The van der Waals surface area contributed by atoms with Gasteiger partial charge in [0.05, 0.1) is 94.2 Å². The number of amides is 5. The molecule has 372 valence electrons. The van der Waals surface area contributed by atoms with Gasteiger partial charge in [-0.3, -0.25) is 34.2 Å². The highest BCUT2D eigenvalue weighted by molar-refractivity contribution is 7.99. The lowest BCUT2D eigenvalue weighted by molar-refractivity contribution is -0.136. The average molecular weight is 1000 g/mol. The van der Waals surface area contributed by atoms with Gasteiger partial charge >= 0.3 is 0 Å². The number of piperidine rings is 1. The number of thioether (sulfide) groups is 1. The van der Waals surface area contributed by atoms with E-state index in [9.17, 15) is 37.5 Å². The van der Waals surface area contributed by atoms with Crippen LogP contribution in [0.4, 0.5) is 11.4 Å². The van der Waals surface area contributed by atoms with Gasteiger partial charge in [0.1, 0.15) is 12.6 Å². The molecule has 8 rings (SSSR count). The monoisotopic (exact) mass is 999 g/mol. The molecule has 0 bridgehead atoms. The Bertz CT molecular complexity index is 2670. The number of anilines is 2. The molecule has 5 amide bonds. The van der Waals surface area contributed by atoms with E-state index in [2.05, 4.69) is 16.0 Å². The van der Waals surface area contributed by atoms with E-state index >= 15 is 0 Å². The largest absolute Gasteiger partial charge is 0.394 e. The minimum absolute atomic E-state index is 0.0590. The number of rotatable bonds is 24. The maximum absolute atomic E-state index is 14.0. The van der Waals surface area contributed by atoms with E-state index in [0.717, 1.165) is 32.8 Å². The number of carbonyl (C=O) groups excluding carboxylic acids is 5. The molecule has 4 aromatic carbocycles. The van der Waals surface area contributed by atoms with Gasteiger partial charge in [0, 0.05) is 40.9 Å². The summed E-state index contributed by atoms with van der Waals surface area (Å²) in [6.45, 7) is 4.99. The number of hydrogen-bond acceptors (Lipinski definition) is 15. The highest BCUT2D eigenvalue weighted by Gasteiger charge is 2.49. The number of fused-ring (bicyclic) bond motifs is 4. The molecule has 4 aliphatic rings. The zero-order valence-corrected chi connectivity index (χ0v) is 40.4. The van der Waals surface area contributed by atoms with Crippen molar-refractivity contribution in [3.05, 3.63) is 107 Å². The molecule has 4 heterocycles. The van der Waals surface area contributed by atoms with E-state index < -0.39 is 45.7 Å². The molecule has 0 saturated carbocycles. The lowest BCUT2D eigenvalue weighted by Gasteiger charge is -2.39. The number of carbonyl (C=O) groups is 5. The molecular formula is C50H57N5O13S2. The van der Waals surface area contributed by atoms with Gasteiger partial charge in [-0.2, -0.15) is 4.31 Å². The topological polar surface area (TPSA) is 228 Å². The fourth-order valence-corrected chi connectivity index (χ4v) is 11.8. The Morgan fingerprint density at radius 1 is 0.786 bits per heavy atom. The SMILES string of the molecule is Cc1ccc(S(=O)(=O)N2CC[C@@H]3[C@H](CO)Nc4ccc(-c5cccc(NC(=O)COCCOCCOCCOCCOCCSc6cccc7c6C(=O)N(C6CCC(=O)NC6=O)C7=O)c5)cc4[C@@H]32)cc1. The van der Waals surface area contributed by atoms with Crippen LogP contribution in [0.5, 0.6) is 0 Å². The van der Waals surface area contributed by atoms with Crippen molar-refractivity contribution in [3.8, 4) is 11.1 Å². The number of sulfonamides is 1. The minimum atomic E-state index is -3.81. The van der Waals surface area contributed by atoms with Crippen LogP contribution >= 0.6 is 11.8 Å². The van der Waals surface area contributed by atoms with Crippen LogP contribution in [0, 0.1) is 12.8 Å². The van der Waals surface area contributed by atoms with Crippen molar-refractivity contribution in [1.82, 2.24) is 14.5 Å². The van der Waals surface area contributed by atoms with E-state index in [1.165, 1.54) is 11.8 Å². The molecule has 4 aromatic rings. The van der Waals surface area contributed by atoms with Gasteiger partial charge < -0.3 is 39.4 Å². The van der Waals surface area contributed by atoms with Gasteiger partial charge in [-0.1, -0.05) is 42.0 Å². The Hall–Kier alpha value is -5.55. The van der Waals surface area contributed by atoms with E-state index in [-0.39, 0.29) is 73.2 Å². The predicted octanol–water partition coefficient (Wildman–Crippen LogP) is 4.42. The highest BCUT2D eigenvalue weighted by atomic mass is 32.2. The standard InChI is InChI=1S/C50H57N5O13S2/c1-32-8-11-36(12-9-32)70(62,63)54-17-16-37-41(30-56)52-40-13-10-34(29-39(40)47(37)54)33-4-2-5-35(28-33)51-45(58)31-68-25-24-66-21-20-64-18-19-65-22-23-67-26-27-69-43-7-3-6-38-46(43)50(61)55(49(38)60)42-14-15-44(57)53-48(42)59/h2-13,28-29,37,41-42,47,52,56H,14-27,30-31H2,1H3,(H,51,58)(H,53,57,59)/t37-,41+,42?,47-/m1/s1. The highest BCUT2D eigenvalue weighted by Crippen LogP contribution is 2.49. The van der Waals surface area contributed by atoms with Gasteiger partial charge in [0.15, 0.2) is 0 Å². The Kier molecular flexibility index (Phi) is 17.1. The van der Waals surface area contributed by atoms with Crippen molar-refractivity contribution in [2.45, 2.75) is 54.1 Å². The fraction of sp³-hybridized carbons (Fsp3) is 0.420. The average Bonchev–Trinajstić information content (AvgIpc) is 3.92. The molecule has 20 heteroatoms. The number of hydrogen-bond donors (Lipinski definition) is 4. The van der Waals surface area contributed by atoms with Crippen molar-refractivity contribution in [1.29, 1.82) is 0 Å². The maximum atomic E-state index is 14.0. The van der Waals surface area contributed by atoms with Gasteiger partial charge in [-0.05, 0) is 85.0 Å². The van der Waals surface area contributed by atoms with Crippen LogP contribution in [-0.2, 0) is 48.1 Å². The third-order valence-electron chi connectivity index (χ3n) is 12.6. The van der Waals surface area contributed by atoms with Gasteiger partial charge in [-0.25, -0.2) is 8.42 Å². The fourth-order valence-electron chi connectivity index (χ4n) is 9.15. The van der Waals surface area contributed by atoms with Crippen molar-refractivity contribution < 1.29 is 61.2 Å². The summed E-state index contributed by atoms with van der Waals surface area (Å²) in [4.78, 5) is 64.8. The molecular weight excluding hydrogens is 943 g/mol. The van der Waals surface area contributed by atoms with Gasteiger partial charge in [-0.15, -0.1) is 11.8 Å². The Morgan fingerprint density at radius 3 is 2.16 bits per heavy atom. The van der Waals surface area contributed by atoms with Crippen LogP contribution in [0.1, 0.15) is 57.1 Å². The van der Waals surface area contributed by atoms with Crippen LogP contribution < -0.4 is 16.0 Å². The van der Waals surface area contributed by atoms with Crippen LogP contribution in [0.3, 0.4) is 0 Å². The molecule has 0 radical (unpaired) electrons. The summed E-state index contributed by atoms with van der Waals surface area (Å²) < 4.78 is 57.4. The number of nitrogens with one attached hydrogen (secondary N) is 3. The Labute approximate surface area is 410 Å². The van der Waals surface area contributed by atoms with E-state index in [1.54, 1.807) is 52.8 Å². The van der Waals surface area contributed by atoms with E-state index in [4.69, 9.17) is 23.7 Å². The molecule has 4 atom stereocenters. The van der Waals surface area contributed by atoms with Crippen molar-refractivity contribution in [3.63, 3.8) is 0 Å². The number of benzene rings is 4. The third kappa shape index (κ3) is 11.8. The van der Waals surface area contributed by atoms with E-state index in [0.29, 0.717) is 75.5 Å². The molecule has 2 saturated heterocycles. The van der Waals surface area contributed by atoms with Crippen LogP contribution in [-0.4, -0.2) is 149 Å². The first-order valence-corrected chi connectivity index (χ1v) is 25.7. The summed E-state index contributed by atoms with van der Waals surface area (Å²) in [5, 5.41) is 18.8. The molecule has 4 N–H and O–H groups in total. The zero-order chi connectivity index (χ0) is 49.2. The number of ether oxygens (including phenoxy) is 5. The van der Waals surface area contributed by atoms with Crippen molar-refractivity contribution in [2.75, 3.05) is 95.6 Å². The number of imide groups is 2. The molecule has 2 fully saturated rings. The second kappa shape index (κ2) is 23.6. The van der Waals surface area contributed by atoms with Crippen LogP contribution in [0.2, 0.25) is 0 Å². The third-order valence-corrected chi connectivity index (χ3v) is 15.5. The Morgan fingerprint density at radius 2 is 1.46 bits per heavy atom. The van der Waals surface area contributed by atoms with Gasteiger partial charge in [0.2, 0.25) is 27.7 Å². The summed E-state index contributed by atoms with van der Waals surface area (Å²) in [6, 6.07) is 23.4. The summed E-state index contributed by atoms with van der Waals surface area (Å²) in [5.41, 5.74) is 5.38. The molecule has 70 heavy (non-hydrogen) atoms. The van der Waals surface area contributed by atoms with E-state index in [1.807, 2.05) is 43.3 Å². The van der Waals surface area contributed by atoms with Crippen LogP contribution in [0.15, 0.2) is 94.7 Å². The first-order valence-electron chi connectivity index (χ1n) is 23.3. The molecule has 0 aromatic heterocycles. The molecule has 0 aliphatic carbocycles. The van der Waals surface area contributed by atoms with Crippen molar-refractivity contribution >= 4 is 62.7 Å². The molecule has 1 unspecified atom stereocenters. The van der Waals surface area contributed by atoms with Gasteiger partial charge in [0.25, 0.3) is 11.8 Å². The number of nitrogens with zero attached hydrogens (tertiary/aromatic N) is 2. The van der Waals surface area contributed by atoms with Crippen molar-refractivity contribution in [2.24, 2.45) is 5.92 Å². The summed E-state index contributed by atoms with van der Waals surface area (Å²) in [6.07, 6.45) is 0.768. The molecule has 0 spiro atoms. The van der Waals surface area contributed by atoms with Crippen LogP contribution in [0.25, 0.3) is 11.1 Å². The first-order chi connectivity index (χ1) is 33.9. The summed E-state index contributed by atoms with van der Waals surface area (Å²) >= 11 is 1.38. The lowest BCUT2D eigenvalue weighted by Crippen LogP contribution is -2.54. The molecule has 4 aliphatic heterocycles. The summed E-state index contributed by atoms with van der Waals surface area (Å²) in [5.74, 6) is -2.07. The number of aryl methyl sites for hydroxylation is 1. The second-order valence-electron chi connectivity index (χ2n) is 17.2. The summed E-state index contributed by atoms with van der Waals surface area (Å²) in [7, 11) is -3.81. The number of aliphatic hydroxyl groups excluding tert-OH is 1.